The number of nitrogens with one attached hydrogen (secondary N) is 2. The fourth-order valence-electron chi connectivity index (χ4n) is 3.79. The molecule has 4 rings (SSSR count). The number of hydrogen-bond donors (Lipinski definition) is 2. The third-order valence-corrected chi connectivity index (χ3v) is 5.11. The topological polar surface area (TPSA) is 110 Å². The quantitative estimate of drug-likeness (QED) is 0.643. The van der Waals surface area contributed by atoms with Crippen molar-refractivity contribution in [2.75, 3.05) is 27.5 Å². The highest BCUT2D eigenvalue weighted by Crippen LogP contribution is 2.48. The van der Waals surface area contributed by atoms with Gasteiger partial charge in [0.1, 0.15) is 6.04 Å². The second-order valence-electron chi connectivity index (χ2n) is 6.53. The number of ether oxygens (including phenoxy) is 3. The molecule has 138 valence electrons. The summed E-state index contributed by atoms with van der Waals surface area (Å²) in [5.74, 6) is 0.928. The Hall–Kier alpha value is -2.94. The molecule has 0 amide bonds. The van der Waals surface area contributed by atoms with Crippen LogP contribution in [0.1, 0.15) is 22.7 Å². The number of methoxy groups -OCH3 is 1. The predicted molar refractivity (Wildman–Crippen MR) is 88.2 cm³/mol. The van der Waals surface area contributed by atoms with Gasteiger partial charge in [-0.2, -0.15) is 0 Å². The van der Waals surface area contributed by atoms with Crippen molar-refractivity contribution < 1.29 is 24.2 Å². The molecule has 2 aromatic rings. The number of benzene rings is 1. The lowest BCUT2D eigenvalue weighted by Crippen LogP contribution is -3.10. The third-order valence-electron chi connectivity index (χ3n) is 5.11. The Kier molecular flexibility index (Phi) is 3.69. The Morgan fingerprint density at radius 2 is 2.12 bits per heavy atom. The first-order valence-electron chi connectivity index (χ1n) is 8.26. The molecule has 2 aliphatic heterocycles. The maximum Gasteiger partial charge on any atom is 0.327 e. The van der Waals surface area contributed by atoms with Crippen molar-refractivity contribution in [1.82, 2.24) is 9.55 Å². The van der Waals surface area contributed by atoms with Gasteiger partial charge >= 0.3 is 5.69 Å². The fourth-order valence-corrected chi connectivity index (χ4v) is 3.79. The molecule has 9 nitrogen and oxygen atoms in total. The Labute approximate surface area is 148 Å². The summed E-state index contributed by atoms with van der Waals surface area (Å²) in [5, 5.41) is 12.7. The summed E-state index contributed by atoms with van der Waals surface area (Å²) in [4.78, 5) is 27.4. The number of fused-ring (bicyclic) bond motifs is 2. The maximum atomic E-state index is 12.7. The average molecular weight is 361 g/mol. The van der Waals surface area contributed by atoms with Crippen LogP contribution in [0.5, 0.6) is 23.1 Å². The van der Waals surface area contributed by atoms with E-state index in [0.717, 1.165) is 27.0 Å². The van der Waals surface area contributed by atoms with Crippen LogP contribution in [0.4, 0.5) is 0 Å². The van der Waals surface area contributed by atoms with Gasteiger partial charge in [-0.15, -0.1) is 0 Å². The minimum absolute atomic E-state index is 0.0164. The number of aromatic nitrogens is 2. The van der Waals surface area contributed by atoms with Crippen molar-refractivity contribution in [3.8, 4) is 23.1 Å². The van der Waals surface area contributed by atoms with Crippen molar-refractivity contribution in [3.63, 3.8) is 0 Å². The van der Waals surface area contributed by atoms with E-state index in [1.807, 2.05) is 13.1 Å². The number of likely N-dealkylation sites (N-methyl/N-ethyl adjacent to an activating group) is 1. The number of aromatic amines is 1. The lowest BCUT2D eigenvalue weighted by atomic mass is 9.87. The highest BCUT2D eigenvalue weighted by molar-refractivity contribution is 5.62. The van der Waals surface area contributed by atoms with Crippen LogP contribution in [-0.4, -0.2) is 37.0 Å². The monoisotopic (exact) mass is 361 g/mol. The Bertz CT molecular complexity index is 1010. The summed E-state index contributed by atoms with van der Waals surface area (Å²) < 4.78 is 17.5. The van der Waals surface area contributed by atoms with Gasteiger partial charge in [0.05, 0.1) is 31.8 Å². The van der Waals surface area contributed by atoms with E-state index in [9.17, 15) is 14.7 Å². The van der Waals surface area contributed by atoms with Gasteiger partial charge in [-0.3, -0.25) is 9.78 Å². The molecule has 9 heteroatoms. The Morgan fingerprint density at radius 3 is 2.85 bits per heavy atom. The van der Waals surface area contributed by atoms with Crippen LogP contribution < -0.4 is 35.5 Å². The number of rotatable bonds is 2. The first kappa shape index (κ1) is 16.5. The molecular formula is C17H19N3O6. The minimum Gasteiger partial charge on any atom is -0.859 e. The van der Waals surface area contributed by atoms with Crippen LogP contribution in [0.15, 0.2) is 15.7 Å². The first-order valence-corrected chi connectivity index (χ1v) is 8.26. The molecule has 2 atom stereocenters. The lowest BCUT2D eigenvalue weighted by Gasteiger charge is -2.34. The summed E-state index contributed by atoms with van der Waals surface area (Å²) in [7, 11) is 4.77. The van der Waals surface area contributed by atoms with Crippen LogP contribution >= 0.6 is 0 Å². The molecule has 3 heterocycles. The molecule has 26 heavy (non-hydrogen) atoms. The standard InChI is InChI=1S/C17H19N3O6/c1-19-5-4-8-6-9-13(26-7-25-9)14(24-3)10(8)12(19)11-15(21)18-17(23)20(2)16(11)22/h6,12,22H,4-5,7H2,1-3H3,(H,18,21,23). The van der Waals surface area contributed by atoms with Gasteiger partial charge in [-0.25, -0.2) is 4.79 Å². The number of hydrogen-bond acceptors (Lipinski definition) is 6. The second kappa shape index (κ2) is 5.80. The van der Waals surface area contributed by atoms with E-state index in [4.69, 9.17) is 14.2 Å². The zero-order valence-electron chi connectivity index (χ0n) is 14.7. The van der Waals surface area contributed by atoms with Gasteiger partial charge in [0, 0.05) is 13.5 Å². The van der Waals surface area contributed by atoms with Crippen molar-refractivity contribution in [2.45, 2.75) is 12.5 Å². The van der Waals surface area contributed by atoms with Crippen LogP contribution in [-0.2, 0) is 13.5 Å². The van der Waals surface area contributed by atoms with Gasteiger partial charge in [-0.1, -0.05) is 0 Å². The molecule has 0 spiro atoms. The fraction of sp³-hybridized carbons (Fsp3) is 0.412. The van der Waals surface area contributed by atoms with Crippen molar-refractivity contribution in [3.05, 3.63) is 43.6 Å². The van der Waals surface area contributed by atoms with Gasteiger partial charge in [0.15, 0.2) is 11.5 Å². The lowest BCUT2D eigenvalue weighted by molar-refractivity contribution is -0.908. The summed E-state index contributed by atoms with van der Waals surface area (Å²) >= 11 is 0. The molecule has 0 aliphatic carbocycles. The average Bonchev–Trinajstić information content (AvgIpc) is 3.08. The van der Waals surface area contributed by atoms with Crippen LogP contribution in [0.2, 0.25) is 0 Å². The van der Waals surface area contributed by atoms with Crippen molar-refractivity contribution >= 4 is 0 Å². The van der Waals surface area contributed by atoms with E-state index in [0.29, 0.717) is 23.8 Å². The summed E-state index contributed by atoms with van der Waals surface area (Å²) in [5.41, 5.74) is 0.281. The highest BCUT2D eigenvalue weighted by Gasteiger charge is 2.39. The highest BCUT2D eigenvalue weighted by atomic mass is 16.7. The van der Waals surface area contributed by atoms with Gasteiger partial charge in [-0.05, 0) is 17.5 Å². The van der Waals surface area contributed by atoms with Crippen molar-refractivity contribution in [1.29, 1.82) is 0 Å². The van der Waals surface area contributed by atoms with Crippen molar-refractivity contribution in [2.24, 2.45) is 7.05 Å². The molecule has 0 fully saturated rings. The second-order valence-corrected chi connectivity index (χ2v) is 6.53. The van der Waals surface area contributed by atoms with Gasteiger partial charge < -0.3 is 28.8 Å². The van der Waals surface area contributed by atoms with E-state index >= 15 is 0 Å². The first-order chi connectivity index (χ1) is 12.4. The number of nitrogens with zero attached hydrogens (tertiary/aromatic N) is 1. The molecule has 2 aliphatic rings. The Morgan fingerprint density at radius 1 is 1.35 bits per heavy atom. The number of H-pyrrole nitrogens is 1. The summed E-state index contributed by atoms with van der Waals surface area (Å²) in [6.45, 7) is 0.803. The van der Waals surface area contributed by atoms with E-state index in [1.54, 1.807) is 0 Å². The van der Waals surface area contributed by atoms with Crippen LogP contribution in [0, 0.1) is 0 Å². The largest absolute Gasteiger partial charge is 0.859 e. The van der Waals surface area contributed by atoms with Gasteiger partial charge in [0.2, 0.25) is 12.5 Å². The summed E-state index contributed by atoms with van der Waals surface area (Å²) in [6, 6.07) is 1.30. The molecule has 0 bridgehead atoms. The maximum absolute atomic E-state index is 12.7. The normalized spacial score (nSPS) is 20.7. The number of quaternary nitrogens is 1. The molecule has 0 radical (unpaired) electrons. The minimum atomic E-state index is -0.727. The Balaban J connectivity index is 2.03. The smallest absolute Gasteiger partial charge is 0.327 e. The summed E-state index contributed by atoms with van der Waals surface area (Å²) in [6.07, 6.45) is 0.739. The molecule has 1 aromatic heterocycles. The van der Waals surface area contributed by atoms with E-state index in [1.165, 1.54) is 14.2 Å². The molecule has 1 aromatic carbocycles. The predicted octanol–water partition coefficient (Wildman–Crippen LogP) is -1.96. The SMILES string of the molecule is COc1c2c(cc3c1C(c1c([O-])n(C)c(=O)[nH]c1=O)[NH+](C)CC3)OCO2. The van der Waals surface area contributed by atoms with Crippen LogP contribution in [0.3, 0.4) is 0 Å². The van der Waals surface area contributed by atoms with Gasteiger partial charge in [0.25, 0.3) is 5.56 Å². The van der Waals surface area contributed by atoms with Crippen LogP contribution in [0.25, 0.3) is 0 Å². The molecule has 2 unspecified atom stereocenters. The molecule has 2 N–H and O–H groups in total. The van der Waals surface area contributed by atoms with E-state index in [-0.39, 0.29) is 12.4 Å². The zero-order valence-corrected chi connectivity index (χ0v) is 14.7. The van der Waals surface area contributed by atoms with E-state index in [2.05, 4.69) is 4.98 Å². The third kappa shape index (κ3) is 2.20. The molecule has 0 saturated heterocycles. The molecular weight excluding hydrogens is 342 g/mol. The molecule has 0 saturated carbocycles. The zero-order chi connectivity index (χ0) is 18.6. The van der Waals surface area contributed by atoms with E-state index < -0.39 is 23.2 Å².